The lowest BCUT2D eigenvalue weighted by Crippen LogP contribution is -2.33. The number of rotatable bonds is 8. The fourth-order valence-electron chi connectivity index (χ4n) is 3.55. The normalized spacial score (nSPS) is 13.2. The van der Waals surface area contributed by atoms with Crippen molar-refractivity contribution in [2.45, 2.75) is 32.0 Å². The molecule has 5 heteroatoms. The van der Waals surface area contributed by atoms with Crippen LogP contribution in [0.15, 0.2) is 66.9 Å². The monoisotopic (exact) mass is 390 g/mol. The van der Waals surface area contributed by atoms with Crippen LogP contribution in [0.25, 0.3) is 0 Å². The highest BCUT2D eigenvalue weighted by Crippen LogP contribution is 2.32. The topological polar surface area (TPSA) is 43.7 Å². The van der Waals surface area contributed by atoms with E-state index in [1.165, 1.54) is 5.56 Å². The molecule has 0 saturated heterocycles. The van der Waals surface area contributed by atoms with Crippen molar-refractivity contribution in [1.29, 1.82) is 0 Å². The molecule has 1 aliphatic carbocycles. The van der Waals surface area contributed by atoms with Crippen LogP contribution in [0.4, 0.5) is 0 Å². The highest BCUT2D eigenvalue weighted by Gasteiger charge is 2.34. The first-order chi connectivity index (χ1) is 14.2. The average Bonchev–Trinajstić information content (AvgIpc) is 3.52. The number of carbonyl (C=O) groups is 1. The number of hydrogen-bond acceptors (Lipinski definition) is 3. The van der Waals surface area contributed by atoms with E-state index in [0.29, 0.717) is 29.6 Å². The third-order valence-electron chi connectivity index (χ3n) is 5.30. The molecule has 0 aliphatic heterocycles. The number of methoxy groups -OCH3 is 2. The van der Waals surface area contributed by atoms with Gasteiger partial charge in [-0.15, -0.1) is 0 Å². The van der Waals surface area contributed by atoms with E-state index in [2.05, 4.69) is 41.1 Å². The second kappa shape index (κ2) is 8.43. The summed E-state index contributed by atoms with van der Waals surface area (Å²) in [5.41, 5.74) is 2.96. The van der Waals surface area contributed by atoms with E-state index >= 15 is 0 Å². The molecule has 0 radical (unpaired) electrons. The van der Waals surface area contributed by atoms with Crippen molar-refractivity contribution < 1.29 is 14.3 Å². The maximum atomic E-state index is 13.4. The van der Waals surface area contributed by atoms with Crippen molar-refractivity contribution >= 4 is 5.91 Å². The summed E-state index contributed by atoms with van der Waals surface area (Å²) in [5.74, 6) is 1.25. The van der Waals surface area contributed by atoms with Crippen molar-refractivity contribution in [3.63, 3.8) is 0 Å². The van der Waals surface area contributed by atoms with E-state index in [1.54, 1.807) is 32.4 Å². The molecule has 0 unspecified atom stereocenters. The van der Waals surface area contributed by atoms with Gasteiger partial charge in [0.1, 0.15) is 11.5 Å². The lowest BCUT2D eigenvalue weighted by atomic mass is 10.1. The van der Waals surface area contributed by atoms with Gasteiger partial charge in [-0.25, -0.2) is 0 Å². The molecule has 3 aromatic rings. The second-order valence-electron chi connectivity index (χ2n) is 7.38. The minimum atomic E-state index is 0.0113. The third-order valence-corrected chi connectivity index (χ3v) is 5.30. The molecule has 0 spiro atoms. The molecule has 1 aliphatic rings. The molecule has 1 amide bonds. The van der Waals surface area contributed by atoms with Gasteiger partial charge < -0.3 is 18.9 Å². The van der Waals surface area contributed by atoms with Crippen molar-refractivity contribution in [3.05, 3.63) is 83.7 Å². The van der Waals surface area contributed by atoms with E-state index in [1.807, 2.05) is 17.0 Å². The van der Waals surface area contributed by atoms with E-state index < -0.39 is 0 Å². The molecule has 0 N–H and O–H groups in total. The van der Waals surface area contributed by atoms with Crippen LogP contribution in [0.5, 0.6) is 11.5 Å². The van der Waals surface area contributed by atoms with Gasteiger partial charge in [-0.1, -0.05) is 30.3 Å². The van der Waals surface area contributed by atoms with Gasteiger partial charge in [-0.3, -0.25) is 4.79 Å². The van der Waals surface area contributed by atoms with Crippen LogP contribution in [-0.4, -0.2) is 35.6 Å². The highest BCUT2D eigenvalue weighted by atomic mass is 16.5. The largest absolute Gasteiger partial charge is 0.497 e. The minimum Gasteiger partial charge on any atom is -0.497 e. The first kappa shape index (κ1) is 19.1. The Morgan fingerprint density at radius 1 is 1.00 bits per heavy atom. The third kappa shape index (κ3) is 4.45. The molecule has 1 saturated carbocycles. The molecule has 150 valence electrons. The predicted molar refractivity (Wildman–Crippen MR) is 112 cm³/mol. The Morgan fingerprint density at radius 2 is 1.69 bits per heavy atom. The molecule has 1 heterocycles. The van der Waals surface area contributed by atoms with Crippen molar-refractivity contribution in [1.82, 2.24) is 9.47 Å². The maximum absolute atomic E-state index is 13.4. The maximum Gasteiger partial charge on any atom is 0.254 e. The van der Waals surface area contributed by atoms with Crippen molar-refractivity contribution in [2.75, 3.05) is 14.2 Å². The lowest BCUT2D eigenvalue weighted by Gasteiger charge is -2.24. The van der Waals surface area contributed by atoms with Gasteiger partial charge in [-0.05, 0) is 42.7 Å². The summed E-state index contributed by atoms with van der Waals surface area (Å²) in [6.45, 7) is 1.38. The lowest BCUT2D eigenvalue weighted by molar-refractivity contribution is 0.0725. The van der Waals surface area contributed by atoms with Gasteiger partial charge in [0.15, 0.2) is 0 Å². The Labute approximate surface area is 171 Å². The molecule has 29 heavy (non-hydrogen) atoms. The summed E-state index contributed by atoms with van der Waals surface area (Å²) in [5, 5.41) is 0. The van der Waals surface area contributed by atoms with Gasteiger partial charge >= 0.3 is 0 Å². The van der Waals surface area contributed by atoms with Crippen LogP contribution in [-0.2, 0) is 13.1 Å². The zero-order valence-electron chi connectivity index (χ0n) is 16.9. The first-order valence-corrected chi connectivity index (χ1v) is 9.90. The zero-order chi connectivity index (χ0) is 20.2. The average molecular weight is 390 g/mol. The van der Waals surface area contributed by atoms with Crippen LogP contribution in [0.2, 0.25) is 0 Å². The Hall–Kier alpha value is -3.21. The van der Waals surface area contributed by atoms with E-state index in [-0.39, 0.29) is 5.91 Å². The van der Waals surface area contributed by atoms with Crippen LogP contribution < -0.4 is 9.47 Å². The Kier molecular flexibility index (Phi) is 5.56. The molecule has 1 aromatic heterocycles. The fraction of sp³-hybridized carbons (Fsp3) is 0.292. The molecule has 1 fully saturated rings. The molecule has 0 bridgehead atoms. The molecule has 4 rings (SSSR count). The Bertz CT molecular complexity index is 955. The highest BCUT2D eigenvalue weighted by molar-refractivity contribution is 5.95. The number of hydrogen-bond donors (Lipinski definition) is 0. The first-order valence-electron chi connectivity index (χ1n) is 9.90. The summed E-state index contributed by atoms with van der Waals surface area (Å²) in [6, 6.07) is 20.1. The van der Waals surface area contributed by atoms with E-state index in [0.717, 1.165) is 25.1 Å². The quantitative estimate of drug-likeness (QED) is 0.574. The SMILES string of the molecule is COc1cc(OC)cc(C(=O)N(Cc2cccn2Cc2ccccc2)C2CC2)c1. The minimum absolute atomic E-state index is 0.0113. The standard InChI is InChI=1S/C24H26N2O3/c1-28-22-13-19(14-23(15-22)29-2)24(27)26(20-10-11-20)17-21-9-6-12-25(21)16-18-7-4-3-5-8-18/h3-9,12-15,20H,10-11,16-17H2,1-2H3. The molecule has 0 atom stereocenters. The van der Waals surface area contributed by atoms with Crippen molar-refractivity contribution in [3.8, 4) is 11.5 Å². The van der Waals surface area contributed by atoms with Crippen LogP contribution in [0.1, 0.15) is 34.5 Å². The summed E-state index contributed by atoms with van der Waals surface area (Å²) >= 11 is 0. The van der Waals surface area contributed by atoms with E-state index in [4.69, 9.17) is 9.47 Å². The smallest absolute Gasteiger partial charge is 0.254 e. The molecular formula is C24H26N2O3. The van der Waals surface area contributed by atoms with Crippen LogP contribution >= 0.6 is 0 Å². The number of aromatic nitrogens is 1. The number of amides is 1. The summed E-state index contributed by atoms with van der Waals surface area (Å²) in [7, 11) is 3.19. The van der Waals surface area contributed by atoms with Gasteiger partial charge in [0.2, 0.25) is 0 Å². The van der Waals surface area contributed by atoms with Gasteiger partial charge in [0.25, 0.3) is 5.91 Å². The number of benzene rings is 2. The van der Waals surface area contributed by atoms with Gasteiger partial charge in [0.05, 0.1) is 20.8 Å². The van der Waals surface area contributed by atoms with Crippen molar-refractivity contribution in [2.24, 2.45) is 0 Å². The predicted octanol–water partition coefficient (Wildman–Crippen LogP) is 4.36. The fourth-order valence-corrected chi connectivity index (χ4v) is 3.55. The summed E-state index contributed by atoms with van der Waals surface area (Å²) in [4.78, 5) is 15.3. The van der Waals surface area contributed by atoms with Gasteiger partial charge in [0, 0.05) is 36.1 Å². The Morgan fingerprint density at radius 3 is 2.31 bits per heavy atom. The Balaban J connectivity index is 1.57. The second-order valence-corrected chi connectivity index (χ2v) is 7.38. The zero-order valence-corrected chi connectivity index (χ0v) is 16.9. The summed E-state index contributed by atoms with van der Waals surface area (Å²) < 4.78 is 12.9. The number of ether oxygens (including phenoxy) is 2. The summed E-state index contributed by atoms with van der Waals surface area (Å²) in [6.07, 6.45) is 4.17. The molecule has 2 aromatic carbocycles. The number of carbonyl (C=O) groups excluding carboxylic acids is 1. The van der Waals surface area contributed by atoms with Crippen LogP contribution in [0.3, 0.4) is 0 Å². The van der Waals surface area contributed by atoms with Gasteiger partial charge in [-0.2, -0.15) is 0 Å². The molecule has 5 nitrogen and oxygen atoms in total. The number of nitrogens with zero attached hydrogens (tertiary/aromatic N) is 2. The van der Waals surface area contributed by atoms with Crippen LogP contribution in [0, 0.1) is 0 Å². The molecular weight excluding hydrogens is 364 g/mol. The van der Waals surface area contributed by atoms with E-state index in [9.17, 15) is 4.79 Å².